The summed E-state index contributed by atoms with van der Waals surface area (Å²) >= 11 is 2.19. The van der Waals surface area contributed by atoms with Crippen LogP contribution in [0.2, 0.25) is 0 Å². The van der Waals surface area contributed by atoms with Gasteiger partial charge < -0.3 is 5.32 Å². The second-order valence-electron chi connectivity index (χ2n) is 9.96. The normalized spacial score (nSPS) is 28.6. The Hall–Kier alpha value is -1.45. The number of carbonyl (C=O) groups is 1. The van der Waals surface area contributed by atoms with E-state index in [0.29, 0.717) is 41.2 Å². The van der Waals surface area contributed by atoms with Gasteiger partial charge in [0.25, 0.3) is 5.91 Å². The van der Waals surface area contributed by atoms with Gasteiger partial charge in [-0.2, -0.15) is 0 Å². The molecule has 4 bridgehead atoms. The van der Waals surface area contributed by atoms with E-state index in [1.807, 2.05) is 30.3 Å². The van der Waals surface area contributed by atoms with Crippen LogP contribution < -0.4 is 10.0 Å². The Morgan fingerprint density at radius 2 is 1.59 bits per heavy atom. The number of amides is 1. The Morgan fingerprint density at radius 1 is 0.969 bits per heavy atom. The average Bonchev–Trinajstić information content (AvgIpc) is 2.72. The van der Waals surface area contributed by atoms with Gasteiger partial charge in [0.05, 0.1) is 4.90 Å². The minimum Gasteiger partial charge on any atom is -0.352 e. The topological polar surface area (TPSA) is 75.3 Å². The van der Waals surface area contributed by atoms with Crippen LogP contribution in [0.25, 0.3) is 0 Å². The molecule has 0 saturated heterocycles. The largest absolute Gasteiger partial charge is 0.352 e. The van der Waals surface area contributed by atoms with Crippen molar-refractivity contribution in [3.05, 3.63) is 63.2 Å². The van der Waals surface area contributed by atoms with Crippen LogP contribution in [-0.2, 0) is 16.4 Å². The molecule has 6 rings (SSSR count). The summed E-state index contributed by atoms with van der Waals surface area (Å²) in [6.07, 6.45) is 7.50. The van der Waals surface area contributed by atoms with Crippen molar-refractivity contribution in [1.82, 2.24) is 10.0 Å². The molecule has 5 nitrogen and oxygen atoms in total. The Bertz CT molecular complexity index is 1080. The standard InChI is InChI=1S/C25H29IN2O3S/c26-22-3-1-2-21(13-22)24(29)27-9-8-17-4-6-23(7-5-17)32(30,31)28-25-14-18-10-19(15-25)12-20(11-18)16-25/h1-7,13,18-20,28H,8-12,14-16H2,(H,27,29). The van der Waals surface area contributed by atoms with Crippen molar-refractivity contribution in [2.45, 2.75) is 55.4 Å². The van der Waals surface area contributed by atoms with Gasteiger partial charge in [0.1, 0.15) is 0 Å². The summed E-state index contributed by atoms with van der Waals surface area (Å²) in [4.78, 5) is 12.6. The second-order valence-corrected chi connectivity index (χ2v) is 12.9. The number of rotatable bonds is 7. The first kappa shape index (κ1) is 22.3. The molecule has 1 amide bonds. The van der Waals surface area contributed by atoms with Crippen LogP contribution in [0.5, 0.6) is 0 Å². The van der Waals surface area contributed by atoms with Gasteiger partial charge in [-0.3, -0.25) is 4.79 Å². The van der Waals surface area contributed by atoms with Crippen LogP contribution in [0.4, 0.5) is 0 Å². The van der Waals surface area contributed by atoms with Gasteiger partial charge >= 0.3 is 0 Å². The van der Waals surface area contributed by atoms with E-state index >= 15 is 0 Å². The van der Waals surface area contributed by atoms with Crippen LogP contribution in [0.1, 0.15) is 54.4 Å². The Balaban J connectivity index is 1.18. The Kier molecular flexibility index (Phi) is 6.09. The third kappa shape index (κ3) is 4.75. The molecular weight excluding hydrogens is 535 g/mol. The quantitative estimate of drug-likeness (QED) is 0.486. The summed E-state index contributed by atoms with van der Waals surface area (Å²) in [6, 6.07) is 14.6. The molecule has 0 aliphatic heterocycles. The van der Waals surface area contributed by atoms with Gasteiger partial charge in [0.2, 0.25) is 10.0 Å². The SMILES string of the molecule is O=C(NCCc1ccc(S(=O)(=O)NC23CC4CC(CC(C4)C2)C3)cc1)c1cccc(I)c1. The predicted molar refractivity (Wildman–Crippen MR) is 133 cm³/mol. The number of sulfonamides is 1. The fraction of sp³-hybridized carbons (Fsp3) is 0.480. The number of benzene rings is 2. The van der Waals surface area contributed by atoms with E-state index in [1.54, 1.807) is 18.2 Å². The Labute approximate surface area is 203 Å². The molecule has 0 radical (unpaired) electrons. The van der Waals surface area contributed by atoms with Gasteiger partial charge in [-0.15, -0.1) is 0 Å². The zero-order chi connectivity index (χ0) is 22.3. The van der Waals surface area contributed by atoms with Crippen molar-refractivity contribution < 1.29 is 13.2 Å². The van der Waals surface area contributed by atoms with Crippen molar-refractivity contribution >= 4 is 38.5 Å². The number of nitrogens with one attached hydrogen (secondary N) is 2. The van der Waals surface area contributed by atoms with Crippen molar-refractivity contribution in [3.8, 4) is 0 Å². The van der Waals surface area contributed by atoms with Crippen LogP contribution in [0.15, 0.2) is 53.4 Å². The summed E-state index contributed by atoms with van der Waals surface area (Å²) in [6.45, 7) is 0.502. The molecule has 2 aromatic carbocycles. The first-order chi connectivity index (χ1) is 15.3. The minimum absolute atomic E-state index is 0.0949. The average molecular weight is 564 g/mol. The molecule has 170 valence electrons. The molecule has 4 saturated carbocycles. The van der Waals surface area contributed by atoms with E-state index in [9.17, 15) is 13.2 Å². The zero-order valence-corrected chi connectivity index (χ0v) is 21.0. The fourth-order valence-electron chi connectivity index (χ4n) is 6.47. The summed E-state index contributed by atoms with van der Waals surface area (Å²) < 4.78 is 30.4. The molecular formula is C25H29IN2O3S. The van der Waals surface area contributed by atoms with Crippen LogP contribution in [0, 0.1) is 21.3 Å². The van der Waals surface area contributed by atoms with Crippen LogP contribution in [-0.4, -0.2) is 26.4 Å². The van der Waals surface area contributed by atoms with Crippen molar-refractivity contribution in [3.63, 3.8) is 0 Å². The lowest BCUT2D eigenvalue weighted by Gasteiger charge is -2.56. The van der Waals surface area contributed by atoms with Gasteiger partial charge in [0, 0.05) is 21.2 Å². The minimum atomic E-state index is -3.53. The third-order valence-corrected chi connectivity index (χ3v) is 9.67. The molecule has 4 aliphatic carbocycles. The molecule has 4 aliphatic rings. The van der Waals surface area contributed by atoms with Gasteiger partial charge in [-0.05, 0) is 121 Å². The lowest BCUT2D eigenvalue weighted by Crippen LogP contribution is -2.59. The molecule has 0 spiro atoms. The maximum Gasteiger partial charge on any atom is 0.251 e. The number of carbonyl (C=O) groups excluding carboxylic acids is 1. The summed E-state index contributed by atoms with van der Waals surface area (Å²) in [5, 5.41) is 2.93. The lowest BCUT2D eigenvalue weighted by atomic mass is 9.53. The molecule has 2 aromatic rings. The van der Waals surface area contributed by atoms with Gasteiger partial charge in [-0.25, -0.2) is 13.1 Å². The summed E-state index contributed by atoms with van der Waals surface area (Å²) in [5.74, 6) is 1.99. The van der Waals surface area contributed by atoms with Crippen molar-refractivity contribution in [2.24, 2.45) is 17.8 Å². The van der Waals surface area contributed by atoms with Gasteiger partial charge in [0.15, 0.2) is 0 Å². The highest BCUT2D eigenvalue weighted by molar-refractivity contribution is 14.1. The van der Waals surface area contributed by atoms with E-state index in [4.69, 9.17) is 0 Å². The van der Waals surface area contributed by atoms with Crippen LogP contribution >= 0.6 is 22.6 Å². The smallest absolute Gasteiger partial charge is 0.251 e. The maximum atomic E-state index is 13.1. The zero-order valence-electron chi connectivity index (χ0n) is 18.0. The maximum absolute atomic E-state index is 13.1. The highest BCUT2D eigenvalue weighted by Gasteiger charge is 2.52. The van der Waals surface area contributed by atoms with E-state index in [1.165, 1.54) is 19.3 Å². The summed E-state index contributed by atoms with van der Waals surface area (Å²) in [7, 11) is -3.53. The molecule has 4 fully saturated rings. The van der Waals surface area contributed by atoms with E-state index in [0.717, 1.165) is 28.4 Å². The van der Waals surface area contributed by atoms with Crippen molar-refractivity contribution in [1.29, 1.82) is 0 Å². The van der Waals surface area contributed by atoms with E-state index < -0.39 is 10.0 Å². The molecule has 0 aromatic heterocycles. The molecule has 2 N–H and O–H groups in total. The predicted octanol–water partition coefficient (Wildman–Crippen LogP) is 4.51. The van der Waals surface area contributed by atoms with E-state index in [2.05, 4.69) is 32.6 Å². The third-order valence-electron chi connectivity index (χ3n) is 7.41. The molecule has 7 heteroatoms. The van der Waals surface area contributed by atoms with Crippen LogP contribution in [0.3, 0.4) is 0 Å². The first-order valence-electron chi connectivity index (χ1n) is 11.5. The fourth-order valence-corrected chi connectivity index (χ4v) is 8.44. The molecule has 32 heavy (non-hydrogen) atoms. The number of halogens is 1. The highest BCUT2D eigenvalue weighted by atomic mass is 127. The molecule has 0 heterocycles. The summed E-state index contributed by atoms with van der Waals surface area (Å²) in [5.41, 5.74) is 1.42. The first-order valence-corrected chi connectivity index (χ1v) is 14.0. The molecule has 0 unspecified atom stereocenters. The van der Waals surface area contributed by atoms with Crippen molar-refractivity contribution in [2.75, 3.05) is 6.54 Å². The number of hydrogen-bond donors (Lipinski definition) is 2. The monoisotopic (exact) mass is 564 g/mol. The Morgan fingerprint density at radius 3 is 2.19 bits per heavy atom. The van der Waals surface area contributed by atoms with Gasteiger partial charge in [-0.1, -0.05) is 18.2 Å². The van der Waals surface area contributed by atoms with E-state index in [-0.39, 0.29) is 11.4 Å². The highest BCUT2D eigenvalue weighted by Crippen LogP contribution is 2.55. The molecule has 0 atom stereocenters. The second kappa shape index (κ2) is 8.72. The lowest BCUT2D eigenvalue weighted by molar-refractivity contribution is -0.00810. The number of hydrogen-bond acceptors (Lipinski definition) is 3.